The highest BCUT2D eigenvalue weighted by atomic mass is 32.1. The number of hydrogen-bond acceptors (Lipinski definition) is 5. The van der Waals surface area contributed by atoms with Crippen molar-refractivity contribution in [2.24, 2.45) is 0 Å². The molecule has 4 rings (SSSR count). The standard InChI is InChI=1S/C28H27N3O3S/c1-4-29(5-2)21-13-11-20(12-14-21)19-25-26(32)30(22-9-7-6-8-10-22)28(35)31(27(25)33)23-15-17-24(34-3)18-16-23/h6-19H,4-5H2,1-3H3/b25-19+. The summed E-state index contributed by atoms with van der Waals surface area (Å²) in [6.45, 7) is 6.00. The maximum atomic E-state index is 13.6. The number of benzene rings is 3. The Morgan fingerprint density at radius 3 is 1.86 bits per heavy atom. The molecule has 0 saturated carbocycles. The van der Waals surface area contributed by atoms with Gasteiger partial charge in [0.25, 0.3) is 11.8 Å². The second-order valence-corrected chi connectivity index (χ2v) is 8.28. The Bertz CT molecular complexity index is 1250. The van der Waals surface area contributed by atoms with E-state index < -0.39 is 11.8 Å². The number of amides is 2. The van der Waals surface area contributed by atoms with Gasteiger partial charge in [0.1, 0.15) is 11.3 Å². The summed E-state index contributed by atoms with van der Waals surface area (Å²) in [5.74, 6) is -0.266. The Balaban J connectivity index is 1.78. The van der Waals surface area contributed by atoms with Crippen LogP contribution in [0, 0.1) is 0 Å². The van der Waals surface area contributed by atoms with Gasteiger partial charge in [-0.3, -0.25) is 19.4 Å². The normalized spacial score (nSPS) is 15.1. The van der Waals surface area contributed by atoms with Crippen molar-refractivity contribution in [3.63, 3.8) is 0 Å². The van der Waals surface area contributed by atoms with E-state index in [1.54, 1.807) is 49.6 Å². The monoisotopic (exact) mass is 485 g/mol. The minimum Gasteiger partial charge on any atom is -0.497 e. The fraction of sp³-hybridized carbons (Fsp3) is 0.179. The van der Waals surface area contributed by atoms with Crippen LogP contribution in [0.4, 0.5) is 17.1 Å². The number of anilines is 3. The van der Waals surface area contributed by atoms with Gasteiger partial charge in [-0.05, 0) is 86.2 Å². The van der Waals surface area contributed by atoms with Crippen LogP contribution in [0.5, 0.6) is 5.75 Å². The summed E-state index contributed by atoms with van der Waals surface area (Å²) < 4.78 is 5.24. The second-order valence-electron chi connectivity index (χ2n) is 7.92. The topological polar surface area (TPSA) is 53.1 Å². The van der Waals surface area contributed by atoms with Crippen LogP contribution in [-0.4, -0.2) is 37.1 Å². The maximum absolute atomic E-state index is 13.6. The van der Waals surface area contributed by atoms with Gasteiger partial charge in [0.15, 0.2) is 5.11 Å². The molecule has 0 unspecified atom stereocenters. The molecule has 7 heteroatoms. The highest BCUT2D eigenvalue weighted by Gasteiger charge is 2.41. The van der Waals surface area contributed by atoms with Gasteiger partial charge in [0.2, 0.25) is 0 Å². The number of carbonyl (C=O) groups excluding carboxylic acids is 2. The lowest BCUT2D eigenvalue weighted by Crippen LogP contribution is -2.56. The van der Waals surface area contributed by atoms with Gasteiger partial charge in [-0.25, -0.2) is 0 Å². The molecular formula is C28H27N3O3S. The van der Waals surface area contributed by atoms with E-state index in [1.165, 1.54) is 9.80 Å². The van der Waals surface area contributed by atoms with E-state index in [-0.39, 0.29) is 10.7 Å². The average molecular weight is 486 g/mol. The predicted molar refractivity (Wildman–Crippen MR) is 145 cm³/mol. The van der Waals surface area contributed by atoms with E-state index in [4.69, 9.17) is 17.0 Å². The van der Waals surface area contributed by atoms with Crippen LogP contribution in [0.15, 0.2) is 84.4 Å². The summed E-state index contributed by atoms with van der Waals surface area (Å²) in [4.78, 5) is 32.2. The Labute approximate surface area is 211 Å². The summed E-state index contributed by atoms with van der Waals surface area (Å²) in [6.07, 6.45) is 1.63. The molecule has 1 saturated heterocycles. The Morgan fingerprint density at radius 2 is 1.34 bits per heavy atom. The van der Waals surface area contributed by atoms with E-state index in [2.05, 4.69) is 18.7 Å². The van der Waals surface area contributed by atoms with Gasteiger partial charge in [-0.15, -0.1) is 0 Å². The third-order valence-electron chi connectivity index (χ3n) is 5.93. The molecule has 1 aliphatic rings. The van der Waals surface area contributed by atoms with Crippen LogP contribution in [0.2, 0.25) is 0 Å². The van der Waals surface area contributed by atoms with Crippen molar-refractivity contribution in [2.45, 2.75) is 13.8 Å². The Kier molecular flexibility index (Phi) is 7.27. The van der Waals surface area contributed by atoms with Crippen molar-refractivity contribution >= 4 is 52.3 Å². The van der Waals surface area contributed by atoms with Crippen LogP contribution < -0.4 is 19.4 Å². The lowest BCUT2D eigenvalue weighted by molar-refractivity contribution is -0.120. The zero-order valence-electron chi connectivity index (χ0n) is 20.0. The van der Waals surface area contributed by atoms with Crippen molar-refractivity contribution in [3.8, 4) is 5.75 Å². The van der Waals surface area contributed by atoms with Crippen molar-refractivity contribution in [1.29, 1.82) is 0 Å². The van der Waals surface area contributed by atoms with Gasteiger partial charge in [-0.1, -0.05) is 30.3 Å². The van der Waals surface area contributed by atoms with Crippen LogP contribution in [0.1, 0.15) is 19.4 Å². The molecule has 178 valence electrons. The van der Waals surface area contributed by atoms with E-state index in [0.717, 1.165) is 24.3 Å². The first kappa shape index (κ1) is 24.2. The van der Waals surface area contributed by atoms with E-state index in [9.17, 15) is 9.59 Å². The molecule has 0 aromatic heterocycles. The first-order chi connectivity index (χ1) is 17.0. The summed E-state index contributed by atoms with van der Waals surface area (Å²) in [7, 11) is 1.58. The summed E-state index contributed by atoms with van der Waals surface area (Å²) >= 11 is 5.66. The lowest BCUT2D eigenvalue weighted by atomic mass is 10.0. The molecule has 0 N–H and O–H groups in total. The van der Waals surface area contributed by atoms with E-state index in [0.29, 0.717) is 17.1 Å². The number of hydrogen-bond donors (Lipinski definition) is 0. The molecule has 6 nitrogen and oxygen atoms in total. The number of nitrogens with zero attached hydrogens (tertiary/aromatic N) is 3. The van der Waals surface area contributed by atoms with Gasteiger partial charge in [-0.2, -0.15) is 0 Å². The third-order valence-corrected chi connectivity index (χ3v) is 6.29. The first-order valence-electron chi connectivity index (χ1n) is 11.5. The number of thiocarbonyl (C=S) groups is 1. The number of methoxy groups -OCH3 is 1. The highest BCUT2D eigenvalue weighted by Crippen LogP contribution is 2.31. The van der Waals surface area contributed by atoms with Crippen molar-refractivity contribution < 1.29 is 14.3 Å². The average Bonchev–Trinajstić information content (AvgIpc) is 2.89. The molecule has 0 bridgehead atoms. The molecule has 1 heterocycles. The lowest BCUT2D eigenvalue weighted by Gasteiger charge is -2.36. The summed E-state index contributed by atoms with van der Waals surface area (Å²) in [5.41, 5.74) is 3.03. The highest BCUT2D eigenvalue weighted by molar-refractivity contribution is 7.81. The summed E-state index contributed by atoms with van der Waals surface area (Å²) in [6, 6.07) is 23.9. The molecule has 3 aromatic carbocycles. The van der Waals surface area contributed by atoms with Gasteiger partial charge in [0, 0.05) is 18.8 Å². The molecule has 1 fully saturated rings. The largest absolute Gasteiger partial charge is 0.497 e. The minimum atomic E-state index is -0.467. The zero-order valence-corrected chi connectivity index (χ0v) is 20.8. The Morgan fingerprint density at radius 1 is 0.800 bits per heavy atom. The smallest absolute Gasteiger partial charge is 0.270 e. The number of para-hydroxylation sites is 1. The molecule has 2 amide bonds. The van der Waals surface area contributed by atoms with Crippen molar-refractivity contribution in [2.75, 3.05) is 34.9 Å². The molecule has 0 atom stereocenters. The van der Waals surface area contributed by atoms with Crippen LogP contribution in [0.3, 0.4) is 0 Å². The van der Waals surface area contributed by atoms with E-state index in [1.807, 2.05) is 42.5 Å². The molecular weight excluding hydrogens is 458 g/mol. The molecule has 0 spiro atoms. The third kappa shape index (κ3) is 4.81. The Hall–Kier alpha value is -3.97. The van der Waals surface area contributed by atoms with Crippen LogP contribution in [-0.2, 0) is 9.59 Å². The predicted octanol–water partition coefficient (Wildman–Crippen LogP) is 5.29. The SMILES string of the molecule is CCN(CC)c1ccc(/C=C2\C(=O)N(c3ccccc3)C(=S)N(c3ccc(OC)cc3)C2=O)cc1. The van der Waals surface area contributed by atoms with Gasteiger partial charge >= 0.3 is 0 Å². The molecule has 0 aliphatic carbocycles. The number of carbonyl (C=O) groups is 2. The fourth-order valence-electron chi connectivity index (χ4n) is 4.03. The number of ether oxygens (including phenoxy) is 1. The quantitative estimate of drug-likeness (QED) is 0.259. The van der Waals surface area contributed by atoms with Crippen molar-refractivity contribution in [1.82, 2.24) is 0 Å². The molecule has 1 aliphatic heterocycles. The van der Waals surface area contributed by atoms with Crippen LogP contribution in [0.25, 0.3) is 6.08 Å². The number of rotatable bonds is 7. The zero-order chi connectivity index (χ0) is 24.9. The van der Waals surface area contributed by atoms with Gasteiger partial charge in [0.05, 0.1) is 18.5 Å². The molecule has 35 heavy (non-hydrogen) atoms. The van der Waals surface area contributed by atoms with E-state index >= 15 is 0 Å². The molecule has 3 aromatic rings. The molecule has 0 radical (unpaired) electrons. The minimum absolute atomic E-state index is 0.0360. The van der Waals surface area contributed by atoms with Crippen molar-refractivity contribution in [3.05, 3.63) is 90.0 Å². The first-order valence-corrected chi connectivity index (χ1v) is 11.9. The summed E-state index contributed by atoms with van der Waals surface area (Å²) in [5, 5.41) is 0.102. The maximum Gasteiger partial charge on any atom is 0.270 e. The van der Waals surface area contributed by atoms with Gasteiger partial charge < -0.3 is 9.64 Å². The fourth-order valence-corrected chi connectivity index (χ4v) is 4.41. The second kappa shape index (κ2) is 10.5. The van der Waals surface area contributed by atoms with Crippen LogP contribution >= 0.6 is 12.2 Å².